The summed E-state index contributed by atoms with van der Waals surface area (Å²) in [5, 5.41) is 23.8. The summed E-state index contributed by atoms with van der Waals surface area (Å²) in [6, 6.07) is 12.5. The lowest BCUT2D eigenvalue weighted by Crippen LogP contribution is -2.27. The van der Waals surface area contributed by atoms with E-state index in [0.717, 1.165) is 11.6 Å². The third kappa shape index (κ3) is 4.75. The molecule has 0 heterocycles. The fraction of sp³-hybridized carbons (Fsp3) is 0.250. The second-order valence-corrected chi connectivity index (χ2v) is 7.24. The van der Waals surface area contributed by atoms with Crippen molar-refractivity contribution in [2.24, 2.45) is 0 Å². The molecule has 25 heavy (non-hydrogen) atoms. The lowest BCUT2D eigenvalue weighted by molar-refractivity contribution is -0.384. The molecule has 0 aliphatic rings. The Hall–Kier alpha value is -2.49. The van der Waals surface area contributed by atoms with E-state index in [2.05, 4.69) is 10.0 Å². The van der Waals surface area contributed by atoms with E-state index in [-0.39, 0.29) is 22.9 Å². The van der Waals surface area contributed by atoms with Crippen LogP contribution >= 0.6 is 0 Å². The number of hydrogen-bond acceptors (Lipinski definition) is 6. The highest BCUT2D eigenvalue weighted by Crippen LogP contribution is 2.28. The maximum absolute atomic E-state index is 11.8. The van der Waals surface area contributed by atoms with Gasteiger partial charge in [-0.05, 0) is 31.2 Å². The van der Waals surface area contributed by atoms with Crippen LogP contribution in [0, 0.1) is 10.1 Å². The Kier molecular flexibility index (Phi) is 6.07. The maximum atomic E-state index is 11.8. The molecule has 134 valence electrons. The van der Waals surface area contributed by atoms with Gasteiger partial charge in [-0.2, -0.15) is 0 Å². The molecular weight excluding hydrogens is 346 g/mol. The average molecular weight is 365 g/mol. The molecular formula is C16H19N3O5S. The zero-order chi connectivity index (χ0) is 18.4. The van der Waals surface area contributed by atoms with Crippen molar-refractivity contribution in [2.75, 3.05) is 19.0 Å². The molecule has 0 amide bonds. The number of aliphatic hydroxyl groups is 1. The first kappa shape index (κ1) is 18.8. The maximum Gasteiger partial charge on any atom is 0.293 e. The molecule has 3 N–H and O–H groups in total. The molecule has 1 unspecified atom stereocenters. The van der Waals surface area contributed by atoms with E-state index in [0.29, 0.717) is 6.42 Å². The van der Waals surface area contributed by atoms with Gasteiger partial charge in [0.05, 0.1) is 22.5 Å². The number of hydrogen-bond donors (Lipinski definition) is 3. The lowest BCUT2D eigenvalue weighted by Gasteiger charge is -2.18. The van der Waals surface area contributed by atoms with Crippen molar-refractivity contribution in [3.8, 4) is 0 Å². The molecule has 0 saturated carbocycles. The molecule has 8 nitrogen and oxygen atoms in total. The Labute approximate surface area is 145 Å². The van der Waals surface area contributed by atoms with Crippen LogP contribution in [0.2, 0.25) is 0 Å². The fourth-order valence-electron chi connectivity index (χ4n) is 2.35. The highest BCUT2D eigenvalue weighted by Gasteiger charge is 2.22. The van der Waals surface area contributed by atoms with Gasteiger partial charge in [0.2, 0.25) is 10.0 Å². The Morgan fingerprint density at radius 1 is 1.20 bits per heavy atom. The zero-order valence-electron chi connectivity index (χ0n) is 13.5. The molecule has 2 aromatic rings. The monoisotopic (exact) mass is 365 g/mol. The summed E-state index contributed by atoms with van der Waals surface area (Å²) in [5.41, 5.74) is 0.740. The van der Waals surface area contributed by atoms with Gasteiger partial charge in [-0.15, -0.1) is 0 Å². The van der Waals surface area contributed by atoms with Crippen molar-refractivity contribution in [1.82, 2.24) is 4.72 Å². The Morgan fingerprint density at radius 3 is 2.44 bits per heavy atom. The molecule has 9 heteroatoms. The van der Waals surface area contributed by atoms with Crippen molar-refractivity contribution in [2.45, 2.75) is 17.4 Å². The van der Waals surface area contributed by atoms with Crippen LogP contribution in [0.1, 0.15) is 5.56 Å². The Balaban J connectivity index is 2.29. The zero-order valence-corrected chi connectivity index (χ0v) is 14.4. The van der Waals surface area contributed by atoms with Crippen LogP contribution in [0.25, 0.3) is 0 Å². The Morgan fingerprint density at radius 2 is 1.88 bits per heavy atom. The van der Waals surface area contributed by atoms with Gasteiger partial charge < -0.3 is 10.4 Å². The van der Waals surface area contributed by atoms with Gasteiger partial charge in [0.1, 0.15) is 5.69 Å². The van der Waals surface area contributed by atoms with Crippen molar-refractivity contribution in [3.63, 3.8) is 0 Å². The third-order valence-electron chi connectivity index (χ3n) is 3.65. The predicted octanol–water partition coefficient (Wildman–Crippen LogP) is 1.52. The van der Waals surface area contributed by atoms with Crippen LogP contribution < -0.4 is 10.0 Å². The number of anilines is 1. The van der Waals surface area contributed by atoms with E-state index in [1.807, 2.05) is 30.3 Å². The average Bonchev–Trinajstić information content (AvgIpc) is 2.61. The van der Waals surface area contributed by atoms with Crippen LogP contribution in [0.5, 0.6) is 0 Å². The van der Waals surface area contributed by atoms with Crippen molar-refractivity contribution in [1.29, 1.82) is 0 Å². The van der Waals surface area contributed by atoms with E-state index >= 15 is 0 Å². The molecule has 2 rings (SSSR count). The van der Waals surface area contributed by atoms with E-state index in [1.165, 1.54) is 19.2 Å². The highest BCUT2D eigenvalue weighted by atomic mass is 32.2. The minimum atomic E-state index is -3.79. The van der Waals surface area contributed by atoms with Crippen LogP contribution in [-0.4, -0.2) is 38.1 Å². The van der Waals surface area contributed by atoms with Crippen molar-refractivity contribution in [3.05, 3.63) is 64.2 Å². The molecule has 0 aliphatic carbocycles. The van der Waals surface area contributed by atoms with Gasteiger partial charge in [0.25, 0.3) is 5.69 Å². The van der Waals surface area contributed by atoms with Gasteiger partial charge in [-0.3, -0.25) is 10.1 Å². The molecule has 0 radical (unpaired) electrons. The molecule has 0 spiro atoms. The number of rotatable bonds is 8. The Bertz CT molecular complexity index is 840. The van der Waals surface area contributed by atoms with E-state index in [9.17, 15) is 23.6 Å². The number of benzene rings is 2. The molecule has 2 aromatic carbocycles. The van der Waals surface area contributed by atoms with E-state index in [1.54, 1.807) is 0 Å². The summed E-state index contributed by atoms with van der Waals surface area (Å²) in [5.74, 6) is 0. The first-order chi connectivity index (χ1) is 11.9. The summed E-state index contributed by atoms with van der Waals surface area (Å²) in [6.45, 7) is -0.234. The van der Waals surface area contributed by atoms with Gasteiger partial charge in [-0.25, -0.2) is 13.1 Å². The van der Waals surface area contributed by atoms with E-state index in [4.69, 9.17) is 0 Å². The normalized spacial score (nSPS) is 12.6. The van der Waals surface area contributed by atoms with E-state index < -0.39 is 21.0 Å². The van der Waals surface area contributed by atoms with Crippen LogP contribution in [0.4, 0.5) is 11.4 Å². The second kappa shape index (κ2) is 8.06. The summed E-state index contributed by atoms with van der Waals surface area (Å²) in [7, 11) is -2.55. The fourth-order valence-corrected chi connectivity index (χ4v) is 3.10. The minimum absolute atomic E-state index is 0.148. The summed E-state index contributed by atoms with van der Waals surface area (Å²) >= 11 is 0. The first-order valence-electron chi connectivity index (χ1n) is 7.50. The standard InChI is InChI=1S/C16H19N3O5S/c1-17-25(23,24)14-7-8-15(16(10-14)19(21)22)18-13(11-20)9-12-5-3-2-4-6-12/h2-8,10,13,17-18,20H,9,11H2,1H3. The minimum Gasteiger partial charge on any atom is -0.394 e. The van der Waals surface area contributed by atoms with Gasteiger partial charge in [0.15, 0.2) is 0 Å². The summed E-state index contributed by atoms with van der Waals surface area (Å²) in [4.78, 5) is 10.4. The topological polar surface area (TPSA) is 122 Å². The van der Waals surface area contributed by atoms with Gasteiger partial charge in [-0.1, -0.05) is 30.3 Å². The molecule has 1 atom stereocenters. The number of nitro benzene ring substituents is 1. The largest absolute Gasteiger partial charge is 0.394 e. The molecule has 0 fully saturated rings. The first-order valence-corrected chi connectivity index (χ1v) is 8.99. The summed E-state index contributed by atoms with van der Waals surface area (Å²) in [6.07, 6.45) is 0.463. The lowest BCUT2D eigenvalue weighted by atomic mass is 10.1. The smallest absolute Gasteiger partial charge is 0.293 e. The summed E-state index contributed by atoms with van der Waals surface area (Å²) < 4.78 is 25.7. The number of nitro groups is 1. The number of aliphatic hydroxyl groups excluding tert-OH is 1. The highest BCUT2D eigenvalue weighted by molar-refractivity contribution is 7.89. The van der Waals surface area contributed by atoms with Gasteiger partial charge in [0, 0.05) is 6.07 Å². The second-order valence-electron chi connectivity index (χ2n) is 5.36. The van der Waals surface area contributed by atoms with Crippen LogP contribution in [0.3, 0.4) is 0 Å². The van der Waals surface area contributed by atoms with Crippen molar-refractivity contribution < 1.29 is 18.4 Å². The van der Waals surface area contributed by atoms with Crippen LogP contribution in [0.15, 0.2) is 53.4 Å². The number of sulfonamides is 1. The SMILES string of the molecule is CNS(=O)(=O)c1ccc(NC(CO)Cc2ccccc2)c([N+](=O)[O-])c1. The number of nitrogens with zero attached hydrogens (tertiary/aromatic N) is 1. The molecule has 0 aromatic heterocycles. The van der Waals surface area contributed by atoms with Crippen molar-refractivity contribution >= 4 is 21.4 Å². The van der Waals surface area contributed by atoms with Crippen LogP contribution in [-0.2, 0) is 16.4 Å². The van der Waals surface area contributed by atoms with Gasteiger partial charge >= 0.3 is 0 Å². The third-order valence-corrected chi connectivity index (χ3v) is 5.06. The quantitative estimate of drug-likeness (QED) is 0.482. The molecule has 0 bridgehead atoms. The number of nitrogens with one attached hydrogen (secondary N) is 2. The molecule has 0 aliphatic heterocycles. The predicted molar refractivity (Wildman–Crippen MR) is 94.0 cm³/mol. The molecule has 0 saturated heterocycles.